The van der Waals surface area contributed by atoms with Crippen molar-refractivity contribution >= 4 is 33.1 Å². The smallest absolute Gasteiger partial charge is 0.0408 e. The molecule has 1 atom stereocenters. The van der Waals surface area contributed by atoms with Crippen molar-refractivity contribution < 1.29 is 0 Å². The minimum absolute atomic E-state index is 0.479. The van der Waals surface area contributed by atoms with Gasteiger partial charge in [0, 0.05) is 10.9 Å². The molecule has 0 nitrogen and oxygen atoms in total. The molecule has 128 valence electrons. The molecule has 0 amide bonds. The summed E-state index contributed by atoms with van der Waals surface area (Å²) in [7, 11) is 0. The highest BCUT2D eigenvalue weighted by Gasteiger charge is 2.24. The van der Waals surface area contributed by atoms with Gasteiger partial charge in [-0.3, -0.25) is 0 Å². The van der Waals surface area contributed by atoms with Crippen LogP contribution < -0.4 is 0 Å². The molecule has 0 spiro atoms. The van der Waals surface area contributed by atoms with Crippen LogP contribution in [0.25, 0.3) is 21.5 Å². The van der Waals surface area contributed by atoms with Crippen LogP contribution in [0.1, 0.15) is 41.0 Å². The van der Waals surface area contributed by atoms with Gasteiger partial charge < -0.3 is 0 Å². The summed E-state index contributed by atoms with van der Waals surface area (Å²) < 4.78 is 0. The number of hydrogen-bond donors (Lipinski definition) is 0. The van der Waals surface area contributed by atoms with Gasteiger partial charge in [0.2, 0.25) is 0 Å². The zero-order valence-corrected chi connectivity index (χ0v) is 15.7. The maximum atomic E-state index is 6.19. The Hall–Kier alpha value is -2.31. The van der Waals surface area contributed by atoms with Crippen molar-refractivity contribution in [1.82, 2.24) is 0 Å². The lowest BCUT2D eigenvalue weighted by Crippen LogP contribution is -2.12. The lowest BCUT2D eigenvalue weighted by atomic mass is 9.76. The lowest BCUT2D eigenvalue weighted by molar-refractivity contribution is 0.617. The molecule has 1 aliphatic rings. The fraction of sp³-hybridized carbons (Fsp3) is 0.200. The molecule has 4 aromatic rings. The van der Waals surface area contributed by atoms with Crippen LogP contribution in [0.5, 0.6) is 0 Å². The number of fused-ring (bicyclic) bond motifs is 5. The van der Waals surface area contributed by atoms with E-state index < -0.39 is 0 Å². The minimum atomic E-state index is 0.479. The van der Waals surface area contributed by atoms with Crippen molar-refractivity contribution in [1.29, 1.82) is 0 Å². The third-order valence-electron chi connectivity index (χ3n) is 5.98. The number of benzene rings is 4. The van der Waals surface area contributed by atoms with Gasteiger partial charge in [0.25, 0.3) is 0 Å². The second-order valence-corrected chi connectivity index (χ2v) is 7.90. The minimum Gasteiger partial charge on any atom is -0.0843 e. The van der Waals surface area contributed by atoms with E-state index in [2.05, 4.69) is 67.6 Å². The van der Waals surface area contributed by atoms with Gasteiger partial charge in [-0.05, 0) is 82.1 Å². The largest absolute Gasteiger partial charge is 0.0843 e. The Bertz CT molecular complexity index is 1140. The molecule has 0 saturated heterocycles. The zero-order chi connectivity index (χ0) is 17.7. The van der Waals surface area contributed by atoms with Crippen LogP contribution in [-0.4, -0.2) is 0 Å². The standard InChI is InChI=1S/C25H21Cl/c1-16-15-18(26)10-12-19(16)21-7-4-8-22-24-11-9-17-5-2-3-6-20(17)23(24)13-14-25(21)22/h2-3,5-6,9-15,21H,4,7-8H2,1H3. The average molecular weight is 357 g/mol. The van der Waals surface area contributed by atoms with E-state index in [1.54, 1.807) is 5.56 Å². The van der Waals surface area contributed by atoms with Gasteiger partial charge in [-0.25, -0.2) is 0 Å². The Kier molecular flexibility index (Phi) is 3.76. The van der Waals surface area contributed by atoms with Crippen molar-refractivity contribution in [3.8, 4) is 0 Å². The Balaban J connectivity index is 1.74. The van der Waals surface area contributed by atoms with Crippen LogP contribution in [0.15, 0.2) is 66.7 Å². The molecule has 5 rings (SSSR count). The van der Waals surface area contributed by atoms with Crippen molar-refractivity contribution in [2.75, 3.05) is 0 Å². The molecular formula is C25H21Cl. The van der Waals surface area contributed by atoms with E-state index >= 15 is 0 Å². The van der Waals surface area contributed by atoms with Crippen LogP contribution in [-0.2, 0) is 6.42 Å². The second-order valence-electron chi connectivity index (χ2n) is 7.46. The van der Waals surface area contributed by atoms with Gasteiger partial charge in [0.05, 0.1) is 0 Å². The summed E-state index contributed by atoms with van der Waals surface area (Å²) in [5.74, 6) is 0.479. The number of hydrogen-bond acceptors (Lipinski definition) is 0. The topological polar surface area (TPSA) is 0 Å². The molecule has 0 aliphatic heterocycles. The summed E-state index contributed by atoms with van der Waals surface area (Å²) in [6, 6.07) is 24.4. The first-order valence-corrected chi connectivity index (χ1v) is 9.79. The van der Waals surface area contributed by atoms with Crippen molar-refractivity contribution in [2.24, 2.45) is 0 Å². The molecule has 0 heterocycles. The first-order chi connectivity index (χ1) is 12.7. The summed E-state index contributed by atoms with van der Waals surface area (Å²) in [4.78, 5) is 0. The van der Waals surface area contributed by atoms with E-state index in [0.29, 0.717) is 5.92 Å². The van der Waals surface area contributed by atoms with Crippen molar-refractivity contribution in [3.63, 3.8) is 0 Å². The Morgan fingerprint density at radius 2 is 1.62 bits per heavy atom. The number of halogens is 1. The summed E-state index contributed by atoms with van der Waals surface area (Å²) in [5, 5.41) is 6.32. The first-order valence-electron chi connectivity index (χ1n) is 9.41. The van der Waals surface area contributed by atoms with Crippen molar-refractivity contribution in [2.45, 2.75) is 32.1 Å². The Morgan fingerprint density at radius 1 is 0.808 bits per heavy atom. The highest BCUT2D eigenvalue weighted by molar-refractivity contribution is 6.30. The van der Waals surface area contributed by atoms with Crippen LogP contribution >= 0.6 is 11.6 Å². The van der Waals surface area contributed by atoms with E-state index in [0.717, 1.165) is 5.02 Å². The summed E-state index contributed by atoms with van der Waals surface area (Å²) in [5.41, 5.74) is 5.77. The highest BCUT2D eigenvalue weighted by Crippen LogP contribution is 2.42. The molecular weight excluding hydrogens is 336 g/mol. The third kappa shape index (κ3) is 2.44. The van der Waals surface area contributed by atoms with Gasteiger partial charge in [-0.1, -0.05) is 66.2 Å². The van der Waals surface area contributed by atoms with E-state index in [1.807, 2.05) is 6.07 Å². The third-order valence-corrected chi connectivity index (χ3v) is 6.21. The maximum absolute atomic E-state index is 6.19. The van der Waals surface area contributed by atoms with Gasteiger partial charge in [-0.15, -0.1) is 0 Å². The predicted molar refractivity (Wildman–Crippen MR) is 112 cm³/mol. The monoisotopic (exact) mass is 356 g/mol. The van der Waals surface area contributed by atoms with E-state index in [9.17, 15) is 0 Å². The lowest BCUT2D eigenvalue weighted by Gasteiger charge is -2.28. The maximum Gasteiger partial charge on any atom is 0.0408 e. The quantitative estimate of drug-likeness (QED) is 0.311. The molecule has 4 aromatic carbocycles. The summed E-state index contributed by atoms with van der Waals surface area (Å²) >= 11 is 6.19. The average Bonchev–Trinajstić information content (AvgIpc) is 2.67. The predicted octanol–water partition coefficient (Wildman–Crippen LogP) is 7.42. The second kappa shape index (κ2) is 6.14. The van der Waals surface area contributed by atoms with E-state index in [-0.39, 0.29) is 0 Å². The van der Waals surface area contributed by atoms with Gasteiger partial charge >= 0.3 is 0 Å². The van der Waals surface area contributed by atoms with Crippen LogP contribution in [0, 0.1) is 6.92 Å². The Morgan fingerprint density at radius 3 is 2.50 bits per heavy atom. The van der Waals surface area contributed by atoms with E-state index in [4.69, 9.17) is 11.6 Å². The number of rotatable bonds is 1. The molecule has 1 heteroatoms. The van der Waals surface area contributed by atoms with Gasteiger partial charge in [0.15, 0.2) is 0 Å². The van der Waals surface area contributed by atoms with Gasteiger partial charge in [-0.2, -0.15) is 0 Å². The molecule has 0 radical (unpaired) electrons. The molecule has 0 fully saturated rings. The molecule has 1 aliphatic carbocycles. The number of aryl methyl sites for hydroxylation is 2. The normalized spacial score (nSPS) is 16.8. The molecule has 0 bridgehead atoms. The fourth-order valence-corrected chi connectivity index (χ4v) is 4.99. The molecule has 26 heavy (non-hydrogen) atoms. The highest BCUT2D eigenvalue weighted by atomic mass is 35.5. The van der Waals surface area contributed by atoms with Crippen LogP contribution in [0.3, 0.4) is 0 Å². The molecule has 0 aromatic heterocycles. The fourth-order valence-electron chi connectivity index (χ4n) is 4.76. The Labute approximate surface area is 159 Å². The van der Waals surface area contributed by atoms with Gasteiger partial charge in [0.1, 0.15) is 0 Å². The van der Waals surface area contributed by atoms with Crippen LogP contribution in [0.4, 0.5) is 0 Å². The zero-order valence-electron chi connectivity index (χ0n) is 14.9. The van der Waals surface area contributed by atoms with Crippen LogP contribution in [0.2, 0.25) is 5.02 Å². The summed E-state index contributed by atoms with van der Waals surface area (Å²) in [6.45, 7) is 2.18. The molecule has 0 N–H and O–H groups in total. The first kappa shape index (κ1) is 15.9. The molecule has 0 saturated carbocycles. The summed E-state index contributed by atoms with van der Waals surface area (Å²) in [6.07, 6.45) is 3.63. The SMILES string of the molecule is Cc1cc(Cl)ccc1C1CCCc2c1ccc1c2ccc2ccccc21. The van der Waals surface area contributed by atoms with E-state index in [1.165, 1.54) is 57.5 Å². The van der Waals surface area contributed by atoms with Crippen molar-refractivity contribution in [3.05, 3.63) is 94.0 Å². The molecule has 1 unspecified atom stereocenters.